The molecule has 0 saturated heterocycles. The highest BCUT2D eigenvalue weighted by atomic mass is 16.3. The number of aliphatic hydroxyl groups is 1. The molecule has 1 unspecified atom stereocenters. The van der Waals surface area contributed by atoms with Crippen LogP contribution in [-0.2, 0) is 0 Å². The molecule has 78 valence electrons. The van der Waals surface area contributed by atoms with Crippen molar-refractivity contribution in [2.45, 2.75) is 13.0 Å². The zero-order valence-corrected chi connectivity index (χ0v) is 8.73. The van der Waals surface area contributed by atoms with Gasteiger partial charge in [-0.1, -0.05) is 0 Å². The lowest BCUT2D eigenvalue weighted by Crippen LogP contribution is -2.27. The summed E-state index contributed by atoms with van der Waals surface area (Å²) in [5.41, 5.74) is 0. The van der Waals surface area contributed by atoms with Crippen LogP contribution in [0.4, 0.5) is 11.6 Å². The third kappa shape index (κ3) is 2.85. The van der Waals surface area contributed by atoms with Gasteiger partial charge in [-0.05, 0) is 6.92 Å². The second-order valence-electron chi connectivity index (χ2n) is 3.24. The summed E-state index contributed by atoms with van der Waals surface area (Å²) < 4.78 is 0. The molecule has 5 nitrogen and oxygen atoms in total. The minimum atomic E-state index is -0.375. The molecule has 2 N–H and O–H groups in total. The van der Waals surface area contributed by atoms with Crippen molar-refractivity contribution in [1.29, 1.82) is 0 Å². The van der Waals surface area contributed by atoms with Crippen molar-refractivity contribution in [2.75, 3.05) is 30.9 Å². The van der Waals surface area contributed by atoms with E-state index in [9.17, 15) is 5.11 Å². The summed E-state index contributed by atoms with van der Waals surface area (Å²) in [6.45, 7) is 2.29. The van der Waals surface area contributed by atoms with Gasteiger partial charge in [0, 0.05) is 20.6 Å². The van der Waals surface area contributed by atoms with Gasteiger partial charge in [-0.25, -0.2) is 4.98 Å². The molecule has 0 radical (unpaired) electrons. The number of hydrogen-bond acceptors (Lipinski definition) is 5. The maximum atomic E-state index is 9.21. The quantitative estimate of drug-likeness (QED) is 0.727. The minimum Gasteiger partial charge on any atom is -0.392 e. The Kier molecular flexibility index (Phi) is 3.64. The zero-order valence-electron chi connectivity index (χ0n) is 8.73. The van der Waals surface area contributed by atoms with Crippen molar-refractivity contribution in [3.05, 3.63) is 12.4 Å². The highest BCUT2D eigenvalue weighted by molar-refractivity contribution is 5.42. The van der Waals surface area contributed by atoms with E-state index in [1.54, 1.807) is 26.4 Å². The van der Waals surface area contributed by atoms with E-state index in [2.05, 4.69) is 15.3 Å². The van der Waals surface area contributed by atoms with E-state index in [-0.39, 0.29) is 6.10 Å². The molecular formula is C9H16N4O. The topological polar surface area (TPSA) is 61.3 Å². The van der Waals surface area contributed by atoms with Crippen molar-refractivity contribution < 1.29 is 5.11 Å². The number of rotatable bonds is 4. The van der Waals surface area contributed by atoms with Gasteiger partial charge in [0.1, 0.15) is 11.6 Å². The van der Waals surface area contributed by atoms with Crippen LogP contribution in [0.1, 0.15) is 6.92 Å². The monoisotopic (exact) mass is 196 g/mol. The fraction of sp³-hybridized carbons (Fsp3) is 0.556. The molecule has 0 aliphatic heterocycles. The van der Waals surface area contributed by atoms with Crippen LogP contribution >= 0.6 is 0 Å². The summed E-state index contributed by atoms with van der Waals surface area (Å²) in [5.74, 6) is 1.47. The number of nitrogens with zero attached hydrogens (tertiary/aromatic N) is 3. The van der Waals surface area contributed by atoms with Gasteiger partial charge in [-0.2, -0.15) is 0 Å². The van der Waals surface area contributed by atoms with E-state index in [1.807, 2.05) is 11.9 Å². The second-order valence-corrected chi connectivity index (χ2v) is 3.24. The molecule has 0 aliphatic carbocycles. The number of nitrogens with one attached hydrogen (secondary N) is 1. The lowest BCUT2D eigenvalue weighted by molar-refractivity contribution is 0.201. The summed E-state index contributed by atoms with van der Waals surface area (Å²) in [7, 11) is 3.67. The van der Waals surface area contributed by atoms with Crippen LogP contribution in [0.2, 0.25) is 0 Å². The lowest BCUT2D eigenvalue weighted by atomic mass is 10.4. The summed E-state index contributed by atoms with van der Waals surface area (Å²) >= 11 is 0. The van der Waals surface area contributed by atoms with Crippen molar-refractivity contribution >= 4 is 11.6 Å². The molecule has 0 saturated carbocycles. The van der Waals surface area contributed by atoms with Gasteiger partial charge in [0.05, 0.1) is 18.5 Å². The first-order valence-corrected chi connectivity index (χ1v) is 4.52. The van der Waals surface area contributed by atoms with Crippen LogP contribution in [0.25, 0.3) is 0 Å². The molecule has 1 aromatic rings. The lowest BCUT2D eigenvalue weighted by Gasteiger charge is -2.19. The van der Waals surface area contributed by atoms with Crippen LogP contribution < -0.4 is 10.2 Å². The summed E-state index contributed by atoms with van der Waals surface area (Å²) in [6.07, 6.45) is 2.95. The van der Waals surface area contributed by atoms with Crippen molar-refractivity contribution in [1.82, 2.24) is 9.97 Å². The predicted octanol–water partition coefficient (Wildman–Crippen LogP) is 0.335. The number of likely N-dealkylation sites (N-methyl/N-ethyl adjacent to an activating group) is 1. The van der Waals surface area contributed by atoms with Gasteiger partial charge >= 0.3 is 0 Å². The van der Waals surface area contributed by atoms with Crippen LogP contribution in [0.15, 0.2) is 12.4 Å². The molecule has 0 amide bonds. The third-order valence-electron chi connectivity index (χ3n) is 1.81. The van der Waals surface area contributed by atoms with E-state index in [1.165, 1.54) is 0 Å². The SMILES string of the molecule is CNc1cncc(N(C)CC(C)O)n1. The maximum Gasteiger partial charge on any atom is 0.149 e. The van der Waals surface area contributed by atoms with Gasteiger partial charge in [0.25, 0.3) is 0 Å². The van der Waals surface area contributed by atoms with Crippen LogP contribution in [0.5, 0.6) is 0 Å². The largest absolute Gasteiger partial charge is 0.392 e. The number of hydrogen-bond donors (Lipinski definition) is 2. The predicted molar refractivity (Wildman–Crippen MR) is 56.5 cm³/mol. The fourth-order valence-electron chi connectivity index (χ4n) is 1.15. The summed E-state index contributed by atoms with van der Waals surface area (Å²) in [6, 6.07) is 0. The van der Waals surface area contributed by atoms with Gasteiger partial charge < -0.3 is 15.3 Å². The maximum absolute atomic E-state index is 9.21. The van der Waals surface area contributed by atoms with E-state index in [0.717, 1.165) is 11.6 Å². The zero-order chi connectivity index (χ0) is 10.6. The molecule has 1 heterocycles. The molecular weight excluding hydrogens is 180 g/mol. The molecule has 1 rings (SSSR count). The molecule has 0 fully saturated rings. The Balaban J connectivity index is 2.73. The van der Waals surface area contributed by atoms with Crippen molar-refractivity contribution in [3.63, 3.8) is 0 Å². The fourth-order valence-corrected chi connectivity index (χ4v) is 1.15. The van der Waals surface area contributed by atoms with Crippen molar-refractivity contribution in [3.8, 4) is 0 Å². The van der Waals surface area contributed by atoms with Gasteiger partial charge in [-0.15, -0.1) is 0 Å². The Morgan fingerprint density at radius 3 is 2.86 bits per heavy atom. The molecule has 1 atom stereocenters. The second kappa shape index (κ2) is 4.76. The average Bonchev–Trinajstić information content (AvgIpc) is 2.17. The summed E-state index contributed by atoms with van der Waals surface area (Å²) in [4.78, 5) is 10.2. The first-order chi connectivity index (χ1) is 6.63. The van der Waals surface area contributed by atoms with Gasteiger partial charge in [-0.3, -0.25) is 4.98 Å². The van der Waals surface area contributed by atoms with E-state index < -0.39 is 0 Å². The Labute approximate surface area is 83.8 Å². The van der Waals surface area contributed by atoms with Crippen LogP contribution in [0, 0.1) is 0 Å². The standard InChI is InChI=1S/C9H16N4O/c1-7(14)6-13(3)9-5-11-4-8(10-2)12-9/h4-5,7,14H,6H2,1-3H3,(H,10,12). The normalized spacial score (nSPS) is 12.3. The van der Waals surface area contributed by atoms with Crippen LogP contribution in [-0.4, -0.2) is 41.8 Å². The first-order valence-electron chi connectivity index (χ1n) is 4.52. The number of anilines is 2. The van der Waals surface area contributed by atoms with Crippen molar-refractivity contribution in [2.24, 2.45) is 0 Å². The smallest absolute Gasteiger partial charge is 0.149 e. The minimum absolute atomic E-state index is 0.375. The van der Waals surface area contributed by atoms with Crippen LogP contribution in [0.3, 0.4) is 0 Å². The van der Waals surface area contributed by atoms with Gasteiger partial charge in [0.2, 0.25) is 0 Å². The highest BCUT2D eigenvalue weighted by Gasteiger charge is 2.06. The van der Waals surface area contributed by atoms with E-state index in [4.69, 9.17) is 0 Å². The number of aromatic nitrogens is 2. The molecule has 0 aliphatic rings. The summed E-state index contributed by atoms with van der Waals surface area (Å²) in [5, 5.41) is 12.1. The first kappa shape index (κ1) is 10.7. The Hall–Kier alpha value is -1.36. The third-order valence-corrected chi connectivity index (χ3v) is 1.81. The molecule has 0 spiro atoms. The Bertz CT molecular complexity index is 290. The Morgan fingerprint density at radius 2 is 2.29 bits per heavy atom. The molecule has 0 aromatic carbocycles. The molecule has 1 aromatic heterocycles. The van der Waals surface area contributed by atoms with E-state index in [0.29, 0.717) is 6.54 Å². The van der Waals surface area contributed by atoms with E-state index >= 15 is 0 Å². The number of aliphatic hydroxyl groups excluding tert-OH is 1. The average molecular weight is 196 g/mol. The highest BCUT2D eigenvalue weighted by Crippen LogP contribution is 2.10. The Morgan fingerprint density at radius 1 is 1.57 bits per heavy atom. The van der Waals surface area contributed by atoms with Gasteiger partial charge in [0.15, 0.2) is 0 Å². The molecule has 5 heteroatoms. The molecule has 0 bridgehead atoms. The molecule has 14 heavy (non-hydrogen) atoms.